The van der Waals surface area contributed by atoms with Crippen molar-refractivity contribution in [2.45, 2.75) is 6.42 Å². The molecule has 1 aromatic heterocycles. The molecule has 3 aromatic rings. The normalized spacial score (nSPS) is 10.2. The molecular formula is C21H21N3O2. The van der Waals surface area contributed by atoms with Crippen molar-refractivity contribution in [3.8, 4) is 5.75 Å². The van der Waals surface area contributed by atoms with Gasteiger partial charge in [0.2, 0.25) is 5.91 Å². The number of carbonyl (C=O) groups excluding carboxylic acids is 1. The summed E-state index contributed by atoms with van der Waals surface area (Å²) in [5, 5.41) is 2.83. The van der Waals surface area contributed by atoms with Gasteiger partial charge < -0.3 is 15.0 Å². The number of anilines is 3. The number of hydrogen-bond donors (Lipinski definition) is 1. The van der Waals surface area contributed by atoms with E-state index in [0.717, 1.165) is 22.7 Å². The first-order valence-corrected chi connectivity index (χ1v) is 8.33. The van der Waals surface area contributed by atoms with Crippen molar-refractivity contribution in [2.24, 2.45) is 0 Å². The van der Waals surface area contributed by atoms with E-state index in [1.54, 1.807) is 19.4 Å². The van der Waals surface area contributed by atoms with Crippen molar-refractivity contribution in [2.75, 3.05) is 24.4 Å². The smallest absolute Gasteiger partial charge is 0.229 e. The number of nitrogens with one attached hydrogen (secondary N) is 1. The van der Waals surface area contributed by atoms with Gasteiger partial charge in [-0.25, -0.2) is 4.98 Å². The fourth-order valence-electron chi connectivity index (χ4n) is 2.57. The van der Waals surface area contributed by atoms with Gasteiger partial charge in [-0.05, 0) is 42.0 Å². The summed E-state index contributed by atoms with van der Waals surface area (Å²) in [6.07, 6.45) is 2.04. The van der Waals surface area contributed by atoms with Crippen LogP contribution in [-0.4, -0.2) is 25.0 Å². The van der Waals surface area contributed by atoms with Crippen molar-refractivity contribution in [1.82, 2.24) is 4.98 Å². The second kappa shape index (κ2) is 8.16. The van der Waals surface area contributed by atoms with Crippen LogP contribution >= 0.6 is 0 Å². The van der Waals surface area contributed by atoms with E-state index in [9.17, 15) is 4.79 Å². The maximum absolute atomic E-state index is 12.2. The molecule has 2 aromatic carbocycles. The minimum atomic E-state index is -0.105. The lowest BCUT2D eigenvalue weighted by molar-refractivity contribution is -0.115. The number of ether oxygens (including phenoxy) is 1. The highest BCUT2D eigenvalue weighted by Gasteiger charge is 2.07. The van der Waals surface area contributed by atoms with Crippen molar-refractivity contribution in [3.05, 3.63) is 78.5 Å². The average molecular weight is 347 g/mol. The molecule has 1 heterocycles. The quantitative estimate of drug-likeness (QED) is 0.731. The molecule has 0 saturated carbocycles. The van der Waals surface area contributed by atoms with Crippen LogP contribution in [0.4, 0.5) is 17.2 Å². The fourth-order valence-corrected chi connectivity index (χ4v) is 2.57. The molecule has 0 aliphatic rings. The SMILES string of the molecule is COc1ccc(CC(=O)Nc2ccc(N(C)c3ccccc3)cn2)cc1. The molecule has 5 heteroatoms. The number of aromatic nitrogens is 1. The third-order valence-corrected chi connectivity index (χ3v) is 4.07. The number of methoxy groups -OCH3 is 1. The van der Waals surface area contributed by atoms with Crippen LogP contribution in [0.15, 0.2) is 72.9 Å². The summed E-state index contributed by atoms with van der Waals surface area (Å²) in [6, 6.07) is 21.2. The Morgan fingerprint density at radius 1 is 1.00 bits per heavy atom. The van der Waals surface area contributed by atoms with Crippen molar-refractivity contribution < 1.29 is 9.53 Å². The van der Waals surface area contributed by atoms with Crippen LogP contribution < -0.4 is 15.0 Å². The maximum atomic E-state index is 12.2. The molecule has 0 aliphatic carbocycles. The lowest BCUT2D eigenvalue weighted by atomic mass is 10.1. The summed E-state index contributed by atoms with van der Waals surface area (Å²) in [6.45, 7) is 0. The standard InChI is InChI=1S/C21H21N3O2/c1-24(17-6-4-3-5-7-17)18-10-13-20(22-15-18)23-21(25)14-16-8-11-19(26-2)12-9-16/h3-13,15H,14H2,1-2H3,(H,22,23,25). The van der Waals surface area contributed by atoms with E-state index in [4.69, 9.17) is 4.74 Å². The Morgan fingerprint density at radius 3 is 2.35 bits per heavy atom. The number of amides is 1. The number of carbonyl (C=O) groups is 1. The van der Waals surface area contributed by atoms with Crippen LogP contribution in [0.3, 0.4) is 0 Å². The van der Waals surface area contributed by atoms with Crippen LogP contribution in [0.5, 0.6) is 5.75 Å². The van der Waals surface area contributed by atoms with Gasteiger partial charge in [0, 0.05) is 12.7 Å². The minimum absolute atomic E-state index is 0.105. The van der Waals surface area contributed by atoms with Gasteiger partial charge in [0.15, 0.2) is 0 Å². The molecule has 3 rings (SSSR count). The van der Waals surface area contributed by atoms with Crippen LogP contribution in [0.25, 0.3) is 0 Å². The third-order valence-electron chi connectivity index (χ3n) is 4.07. The number of rotatable bonds is 6. The van der Waals surface area contributed by atoms with Gasteiger partial charge in [0.25, 0.3) is 0 Å². The molecule has 0 aliphatic heterocycles. The zero-order valence-electron chi connectivity index (χ0n) is 14.8. The van der Waals surface area contributed by atoms with E-state index < -0.39 is 0 Å². The Hall–Kier alpha value is -3.34. The second-order valence-corrected chi connectivity index (χ2v) is 5.87. The molecule has 0 radical (unpaired) electrons. The molecule has 0 saturated heterocycles. The number of benzene rings is 2. The number of pyridine rings is 1. The third kappa shape index (κ3) is 4.39. The summed E-state index contributed by atoms with van der Waals surface area (Å²) in [4.78, 5) is 18.6. The van der Waals surface area contributed by atoms with Gasteiger partial charge in [0.1, 0.15) is 11.6 Å². The highest BCUT2D eigenvalue weighted by molar-refractivity contribution is 5.91. The van der Waals surface area contributed by atoms with E-state index in [2.05, 4.69) is 10.3 Å². The van der Waals surface area contributed by atoms with Gasteiger partial charge in [-0.3, -0.25) is 4.79 Å². The topological polar surface area (TPSA) is 54.5 Å². The maximum Gasteiger partial charge on any atom is 0.229 e. The first-order valence-electron chi connectivity index (χ1n) is 8.33. The van der Waals surface area contributed by atoms with Gasteiger partial charge in [-0.15, -0.1) is 0 Å². The zero-order valence-corrected chi connectivity index (χ0v) is 14.8. The van der Waals surface area contributed by atoms with Gasteiger partial charge in [0.05, 0.1) is 25.4 Å². The van der Waals surface area contributed by atoms with E-state index >= 15 is 0 Å². The van der Waals surface area contributed by atoms with Crippen molar-refractivity contribution in [3.63, 3.8) is 0 Å². The highest BCUT2D eigenvalue weighted by atomic mass is 16.5. The second-order valence-electron chi connectivity index (χ2n) is 5.87. The van der Waals surface area contributed by atoms with E-state index in [0.29, 0.717) is 5.82 Å². The zero-order chi connectivity index (χ0) is 18.4. The molecule has 5 nitrogen and oxygen atoms in total. The monoisotopic (exact) mass is 347 g/mol. The van der Waals surface area contributed by atoms with E-state index in [-0.39, 0.29) is 12.3 Å². The molecule has 0 fully saturated rings. The summed E-state index contributed by atoms with van der Waals surface area (Å²) < 4.78 is 5.12. The summed E-state index contributed by atoms with van der Waals surface area (Å²) in [5.74, 6) is 1.20. The predicted molar refractivity (Wildman–Crippen MR) is 104 cm³/mol. The largest absolute Gasteiger partial charge is 0.497 e. The molecule has 0 atom stereocenters. The fraction of sp³-hybridized carbons (Fsp3) is 0.143. The molecule has 0 spiro atoms. The molecular weight excluding hydrogens is 326 g/mol. The lowest BCUT2D eigenvalue weighted by Gasteiger charge is -2.19. The van der Waals surface area contributed by atoms with E-state index in [1.807, 2.05) is 72.6 Å². The Balaban J connectivity index is 1.60. The summed E-state index contributed by atoms with van der Waals surface area (Å²) in [5.41, 5.74) is 2.94. The van der Waals surface area contributed by atoms with Gasteiger partial charge in [-0.2, -0.15) is 0 Å². The Labute approximate surface area is 153 Å². The van der Waals surface area contributed by atoms with Gasteiger partial charge in [-0.1, -0.05) is 30.3 Å². The summed E-state index contributed by atoms with van der Waals surface area (Å²) in [7, 11) is 3.60. The molecule has 26 heavy (non-hydrogen) atoms. The molecule has 0 bridgehead atoms. The van der Waals surface area contributed by atoms with E-state index in [1.165, 1.54) is 0 Å². The van der Waals surface area contributed by atoms with Crippen molar-refractivity contribution >= 4 is 23.1 Å². The number of para-hydroxylation sites is 1. The number of nitrogens with zero attached hydrogens (tertiary/aromatic N) is 2. The van der Waals surface area contributed by atoms with Crippen LogP contribution in [0.1, 0.15) is 5.56 Å². The first kappa shape index (κ1) is 17.5. The predicted octanol–water partition coefficient (Wildman–Crippen LogP) is 4.04. The van der Waals surface area contributed by atoms with Crippen LogP contribution in [0.2, 0.25) is 0 Å². The average Bonchev–Trinajstić information content (AvgIpc) is 2.69. The summed E-state index contributed by atoms with van der Waals surface area (Å²) >= 11 is 0. The molecule has 1 amide bonds. The van der Waals surface area contributed by atoms with Gasteiger partial charge >= 0.3 is 0 Å². The minimum Gasteiger partial charge on any atom is -0.497 e. The van der Waals surface area contributed by atoms with Crippen LogP contribution in [0, 0.1) is 0 Å². The Kier molecular flexibility index (Phi) is 5.49. The Bertz CT molecular complexity index is 847. The molecule has 132 valence electrons. The first-order chi connectivity index (χ1) is 12.7. The van der Waals surface area contributed by atoms with Crippen molar-refractivity contribution in [1.29, 1.82) is 0 Å². The Morgan fingerprint density at radius 2 is 1.73 bits per heavy atom. The molecule has 0 unspecified atom stereocenters. The van der Waals surface area contributed by atoms with Crippen LogP contribution in [-0.2, 0) is 11.2 Å². The lowest BCUT2D eigenvalue weighted by Crippen LogP contribution is -2.16. The molecule has 1 N–H and O–H groups in total. The number of hydrogen-bond acceptors (Lipinski definition) is 4. The highest BCUT2D eigenvalue weighted by Crippen LogP contribution is 2.23.